The molecule has 0 aromatic heterocycles. The molecular weight excluding hydrogens is 303 g/mol. The Hall–Kier alpha value is -0.130. The molecule has 0 aliphatic carbocycles. The van der Waals surface area contributed by atoms with Crippen LogP contribution in [0, 0.1) is 3.57 Å². The fourth-order valence-electron chi connectivity index (χ4n) is 1.49. The van der Waals surface area contributed by atoms with Gasteiger partial charge in [0.25, 0.3) is 0 Å². The summed E-state index contributed by atoms with van der Waals surface area (Å²) in [6.07, 6.45) is 1.23. The first-order valence-corrected chi connectivity index (χ1v) is 6.35. The van der Waals surface area contributed by atoms with Gasteiger partial charge < -0.3 is 10.2 Å². The zero-order chi connectivity index (χ0) is 11.3. The van der Waals surface area contributed by atoms with E-state index in [1.165, 1.54) is 0 Å². The molecule has 0 bridgehead atoms. The molecule has 2 N–H and O–H groups in total. The summed E-state index contributed by atoms with van der Waals surface area (Å²) in [4.78, 5) is 0. The van der Waals surface area contributed by atoms with E-state index in [0.29, 0.717) is 6.42 Å². The third-order valence-corrected chi connectivity index (χ3v) is 3.42. The van der Waals surface area contributed by atoms with Crippen molar-refractivity contribution in [3.8, 4) is 0 Å². The minimum absolute atomic E-state index is 0.652. The third-order valence-electron chi connectivity index (χ3n) is 2.44. The predicted octanol–water partition coefficient (Wildman–Crippen LogP) is 2.88. The smallest absolute Gasteiger partial charge is 0.106 e. The highest BCUT2D eigenvalue weighted by molar-refractivity contribution is 14.1. The second-order valence-electron chi connectivity index (χ2n) is 3.68. The maximum Gasteiger partial charge on any atom is 0.106 e. The van der Waals surface area contributed by atoms with Gasteiger partial charge in [0.05, 0.1) is 6.10 Å². The highest BCUT2D eigenvalue weighted by Gasteiger charge is 2.19. The number of rotatable bonds is 5. The van der Waals surface area contributed by atoms with Crippen LogP contribution < -0.4 is 0 Å². The van der Waals surface area contributed by atoms with Crippen molar-refractivity contribution >= 4 is 22.6 Å². The minimum atomic E-state index is -0.760. The van der Waals surface area contributed by atoms with E-state index < -0.39 is 12.2 Å². The van der Waals surface area contributed by atoms with Crippen LogP contribution >= 0.6 is 22.6 Å². The molecule has 15 heavy (non-hydrogen) atoms. The van der Waals surface area contributed by atoms with Gasteiger partial charge in [0, 0.05) is 3.57 Å². The largest absolute Gasteiger partial charge is 0.390 e. The van der Waals surface area contributed by atoms with Crippen molar-refractivity contribution < 1.29 is 10.2 Å². The number of aliphatic hydroxyl groups excluding tert-OH is 2. The fraction of sp³-hybridized carbons (Fsp3) is 0.500. The second kappa shape index (κ2) is 6.45. The van der Waals surface area contributed by atoms with Gasteiger partial charge in [-0.05, 0) is 40.6 Å². The Morgan fingerprint density at radius 1 is 1.27 bits per heavy atom. The Balaban J connectivity index is 2.67. The molecule has 2 atom stereocenters. The van der Waals surface area contributed by atoms with E-state index in [9.17, 15) is 10.2 Å². The molecule has 1 aromatic rings. The molecule has 0 spiro atoms. The summed E-state index contributed by atoms with van der Waals surface area (Å²) in [7, 11) is 0. The number of hydrogen-bond donors (Lipinski definition) is 2. The molecule has 0 fully saturated rings. The van der Waals surface area contributed by atoms with E-state index in [2.05, 4.69) is 29.5 Å². The summed E-state index contributed by atoms with van der Waals surface area (Å²) in [5.41, 5.74) is 0.821. The summed E-state index contributed by atoms with van der Waals surface area (Å²) in [5.74, 6) is 0. The first kappa shape index (κ1) is 12.9. The first-order valence-electron chi connectivity index (χ1n) is 5.27. The molecular formula is C12H17IO2. The summed E-state index contributed by atoms with van der Waals surface area (Å²) < 4.78 is 0.998. The molecule has 84 valence electrons. The van der Waals surface area contributed by atoms with Gasteiger partial charge in [-0.15, -0.1) is 0 Å². The van der Waals surface area contributed by atoms with Crippen molar-refractivity contribution in [2.75, 3.05) is 0 Å². The summed E-state index contributed by atoms with van der Waals surface area (Å²) in [6.45, 7) is 2.07. The van der Waals surface area contributed by atoms with Crippen LogP contribution in [0.3, 0.4) is 0 Å². The van der Waals surface area contributed by atoms with E-state index in [1.54, 1.807) is 0 Å². The molecule has 0 aliphatic rings. The van der Waals surface area contributed by atoms with E-state index in [0.717, 1.165) is 22.0 Å². The minimum Gasteiger partial charge on any atom is -0.390 e. The number of unbranched alkanes of at least 4 members (excludes halogenated alkanes) is 1. The van der Waals surface area contributed by atoms with Crippen molar-refractivity contribution in [3.63, 3.8) is 0 Å². The van der Waals surface area contributed by atoms with Gasteiger partial charge in [0.15, 0.2) is 0 Å². The number of aliphatic hydroxyl groups is 2. The average molecular weight is 320 g/mol. The summed E-state index contributed by atoms with van der Waals surface area (Å²) >= 11 is 2.18. The molecule has 0 saturated carbocycles. The molecule has 0 saturated heterocycles. The van der Waals surface area contributed by atoms with Gasteiger partial charge in [-0.2, -0.15) is 0 Å². The van der Waals surface area contributed by atoms with Crippen molar-refractivity contribution in [1.29, 1.82) is 0 Å². The zero-order valence-corrected chi connectivity index (χ0v) is 11.0. The van der Waals surface area contributed by atoms with Crippen molar-refractivity contribution in [3.05, 3.63) is 33.4 Å². The van der Waals surface area contributed by atoms with Crippen LogP contribution in [0.4, 0.5) is 0 Å². The Bertz CT molecular complexity index is 301. The lowest BCUT2D eigenvalue weighted by Gasteiger charge is -2.18. The lowest BCUT2D eigenvalue weighted by atomic mass is 10.0. The molecule has 1 aromatic carbocycles. The summed E-state index contributed by atoms with van der Waals surface area (Å²) in [5, 5.41) is 19.7. The van der Waals surface area contributed by atoms with Gasteiger partial charge in [0.1, 0.15) is 6.10 Å². The molecule has 1 rings (SSSR count). The predicted molar refractivity (Wildman–Crippen MR) is 69.7 cm³/mol. The van der Waals surface area contributed by atoms with Crippen molar-refractivity contribution in [1.82, 2.24) is 0 Å². The molecule has 0 radical (unpaired) electrons. The second-order valence-corrected chi connectivity index (χ2v) is 4.84. The van der Waals surface area contributed by atoms with Gasteiger partial charge in [-0.25, -0.2) is 0 Å². The number of hydrogen-bond acceptors (Lipinski definition) is 2. The van der Waals surface area contributed by atoms with Gasteiger partial charge in [-0.1, -0.05) is 38.0 Å². The summed E-state index contributed by atoms with van der Waals surface area (Å²) in [6, 6.07) is 7.61. The van der Waals surface area contributed by atoms with E-state index in [-0.39, 0.29) is 0 Å². The van der Waals surface area contributed by atoms with Crippen molar-refractivity contribution in [2.24, 2.45) is 0 Å². The quantitative estimate of drug-likeness (QED) is 0.819. The van der Waals surface area contributed by atoms with Gasteiger partial charge in [0.2, 0.25) is 0 Å². The molecule has 3 heteroatoms. The Kier molecular flexibility index (Phi) is 5.56. The topological polar surface area (TPSA) is 40.5 Å². The highest BCUT2D eigenvalue weighted by atomic mass is 127. The van der Waals surface area contributed by atoms with E-state index in [1.807, 2.05) is 24.3 Å². The molecule has 0 amide bonds. The average Bonchev–Trinajstić information content (AvgIpc) is 2.25. The molecule has 0 unspecified atom stereocenters. The zero-order valence-electron chi connectivity index (χ0n) is 8.86. The van der Waals surface area contributed by atoms with Gasteiger partial charge >= 0.3 is 0 Å². The van der Waals surface area contributed by atoms with Crippen molar-refractivity contribution in [2.45, 2.75) is 38.4 Å². The standard InChI is InChI=1S/C12H17IO2/c1-2-3-8-11(14)12(15)9-6-4-5-7-10(9)13/h4-7,11-12,14-15H,2-3,8H2,1H3/t11-,12-/m0/s1. The van der Waals surface area contributed by atoms with Crippen LogP contribution in [0.2, 0.25) is 0 Å². The number of benzene rings is 1. The maximum absolute atomic E-state index is 9.94. The van der Waals surface area contributed by atoms with Crippen LogP contribution in [0.5, 0.6) is 0 Å². The number of halogens is 1. The van der Waals surface area contributed by atoms with Crippen LogP contribution in [0.15, 0.2) is 24.3 Å². The lowest BCUT2D eigenvalue weighted by molar-refractivity contribution is 0.0118. The van der Waals surface area contributed by atoms with E-state index in [4.69, 9.17) is 0 Å². The Morgan fingerprint density at radius 2 is 1.93 bits per heavy atom. The molecule has 0 heterocycles. The molecule has 0 aliphatic heterocycles. The SMILES string of the molecule is CCCC[C@H](O)[C@@H](O)c1ccccc1I. The van der Waals surface area contributed by atoms with Crippen LogP contribution in [0.25, 0.3) is 0 Å². The first-order chi connectivity index (χ1) is 7.16. The van der Waals surface area contributed by atoms with Crippen LogP contribution in [0.1, 0.15) is 37.9 Å². The lowest BCUT2D eigenvalue weighted by Crippen LogP contribution is -2.18. The Morgan fingerprint density at radius 3 is 2.53 bits per heavy atom. The van der Waals surface area contributed by atoms with Crippen LogP contribution in [-0.2, 0) is 0 Å². The highest BCUT2D eigenvalue weighted by Crippen LogP contribution is 2.24. The Labute approximate surface area is 104 Å². The maximum atomic E-state index is 9.94. The normalized spacial score (nSPS) is 14.9. The fourth-order valence-corrected chi connectivity index (χ4v) is 2.20. The third kappa shape index (κ3) is 3.74. The van der Waals surface area contributed by atoms with Crippen LogP contribution in [-0.4, -0.2) is 16.3 Å². The van der Waals surface area contributed by atoms with Gasteiger partial charge in [-0.3, -0.25) is 0 Å². The monoisotopic (exact) mass is 320 g/mol. The molecule has 2 nitrogen and oxygen atoms in total. The van der Waals surface area contributed by atoms with E-state index >= 15 is 0 Å².